The zero-order valence-electron chi connectivity index (χ0n) is 25.7. The van der Waals surface area contributed by atoms with Gasteiger partial charge in [-0.15, -0.1) is 0 Å². The van der Waals surface area contributed by atoms with Crippen LogP contribution in [0.25, 0.3) is 0 Å². The fraction of sp³-hybridized carbons (Fsp3) is 0.270. The Labute approximate surface area is 295 Å². The minimum atomic E-state index is -0.941. The number of halogens is 4. The summed E-state index contributed by atoms with van der Waals surface area (Å²) in [5.74, 6) is -0.778. The Hall–Kier alpha value is -3.55. The molecule has 0 bridgehead atoms. The third-order valence-electron chi connectivity index (χ3n) is 8.46. The highest BCUT2D eigenvalue weighted by Crippen LogP contribution is 2.30. The number of hydrogen-bond acceptors (Lipinski definition) is 3. The molecule has 10 heteroatoms. The van der Waals surface area contributed by atoms with Crippen LogP contribution in [-0.4, -0.2) is 59.7 Å². The van der Waals surface area contributed by atoms with Crippen molar-refractivity contribution in [2.45, 2.75) is 37.6 Å². The first-order valence-corrected chi connectivity index (χ1v) is 17.0. The Kier molecular flexibility index (Phi) is 12.2. The van der Waals surface area contributed by atoms with Crippen molar-refractivity contribution in [2.75, 3.05) is 26.2 Å². The van der Waals surface area contributed by atoms with Gasteiger partial charge in [0.1, 0.15) is 6.04 Å². The minimum absolute atomic E-state index is 0.00368. The summed E-state index contributed by atoms with van der Waals surface area (Å²) in [6.07, 6.45) is 1.37. The van der Waals surface area contributed by atoms with Gasteiger partial charge in [0.2, 0.25) is 17.7 Å². The van der Waals surface area contributed by atoms with Gasteiger partial charge in [-0.2, -0.15) is 0 Å². The van der Waals surface area contributed by atoms with Gasteiger partial charge in [-0.3, -0.25) is 14.4 Å². The largest absolute Gasteiger partial charge is 0.356 e. The third-order valence-corrected chi connectivity index (χ3v) is 9.63. The number of hydrogen-bond donors (Lipinski definition) is 1. The molecule has 5 rings (SSSR count). The Morgan fingerprint density at radius 1 is 0.745 bits per heavy atom. The highest BCUT2D eigenvalue weighted by molar-refractivity contribution is 6.35. The van der Waals surface area contributed by atoms with Crippen LogP contribution >= 0.6 is 46.4 Å². The molecule has 1 aliphatic heterocycles. The number of piperazine rings is 1. The topological polar surface area (TPSA) is 69.7 Å². The fourth-order valence-corrected chi connectivity index (χ4v) is 6.98. The zero-order chi connectivity index (χ0) is 33.3. The minimum Gasteiger partial charge on any atom is -0.356 e. The lowest BCUT2D eigenvalue weighted by atomic mass is 9.88. The Morgan fingerprint density at radius 2 is 1.30 bits per heavy atom. The second-order valence-corrected chi connectivity index (χ2v) is 13.2. The summed E-state index contributed by atoms with van der Waals surface area (Å²) in [7, 11) is 0. The van der Waals surface area contributed by atoms with Crippen LogP contribution in [0.1, 0.15) is 41.0 Å². The maximum absolute atomic E-state index is 14.0. The number of benzene rings is 4. The van der Waals surface area contributed by atoms with Crippen molar-refractivity contribution in [3.63, 3.8) is 0 Å². The first-order valence-electron chi connectivity index (χ1n) is 15.5. The number of carbonyl (C=O) groups excluding carboxylic acids is 3. The van der Waals surface area contributed by atoms with Crippen LogP contribution < -0.4 is 5.32 Å². The van der Waals surface area contributed by atoms with Crippen molar-refractivity contribution in [1.29, 1.82) is 0 Å². The van der Waals surface area contributed by atoms with E-state index in [4.69, 9.17) is 46.4 Å². The van der Waals surface area contributed by atoms with Gasteiger partial charge in [0.25, 0.3) is 0 Å². The molecule has 4 aromatic carbocycles. The van der Waals surface area contributed by atoms with Gasteiger partial charge in [0.05, 0.1) is 13.0 Å². The molecule has 6 nitrogen and oxygen atoms in total. The normalized spacial score (nSPS) is 15.0. The quantitative estimate of drug-likeness (QED) is 0.154. The summed E-state index contributed by atoms with van der Waals surface area (Å²) >= 11 is 24.8. The van der Waals surface area contributed by atoms with Crippen LogP contribution in [0.4, 0.5) is 0 Å². The molecule has 0 saturated carbocycles. The lowest BCUT2D eigenvalue weighted by Crippen LogP contribution is -2.61. The van der Waals surface area contributed by atoms with E-state index >= 15 is 0 Å². The lowest BCUT2D eigenvalue weighted by Gasteiger charge is -2.40. The molecule has 3 amide bonds. The van der Waals surface area contributed by atoms with Gasteiger partial charge in [-0.1, -0.05) is 119 Å². The number of nitrogens with one attached hydrogen (secondary N) is 1. The smallest absolute Gasteiger partial charge is 0.246 e. The second-order valence-electron chi connectivity index (χ2n) is 11.6. The van der Waals surface area contributed by atoms with Crippen LogP contribution in [0, 0.1) is 0 Å². The van der Waals surface area contributed by atoms with E-state index in [1.165, 1.54) is 4.90 Å². The van der Waals surface area contributed by atoms with E-state index < -0.39 is 6.04 Å². The van der Waals surface area contributed by atoms with Crippen LogP contribution in [0.15, 0.2) is 97.1 Å². The van der Waals surface area contributed by atoms with Gasteiger partial charge in [0, 0.05) is 45.6 Å². The maximum Gasteiger partial charge on any atom is 0.246 e. The van der Waals surface area contributed by atoms with E-state index in [1.54, 1.807) is 29.2 Å². The van der Waals surface area contributed by atoms with Gasteiger partial charge in [0.15, 0.2) is 0 Å². The van der Waals surface area contributed by atoms with E-state index in [9.17, 15) is 14.4 Å². The second kappa shape index (κ2) is 16.5. The summed E-state index contributed by atoms with van der Waals surface area (Å²) in [6.45, 7) is 0.842. The van der Waals surface area contributed by atoms with Crippen LogP contribution in [0.5, 0.6) is 0 Å². The average molecular weight is 712 g/mol. The molecule has 4 aromatic rings. The van der Waals surface area contributed by atoms with Gasteiger partial charge >= 0.3 is 0 Å². The van der Waals surface area contributed by atoms with Gasteiger partial charge in [-0.25, -0.2) is 0 Å². The van der Waals surface area contributed by atoms with Crippen molar-refractivity contribution < 1.29 is 14.4 Å². The molecular weight excluding hydrogens is 676 g/mol. The number of nitrogens with zero attached hydrogens (tertiary/aromatic N) is 2. The number of rotatable bonds is 13. The molecule has 0 spiro atoms. The van der Waals surface area contributed by atoms with Crippen molar-refractivity contribution in [2.24, 2.45) is 0 Å². The van der Waals surface area contributed by atoms with Crippen molar-refractivity contribution in [1.82, 2.24) is 15.1 Å². The lowest BCUT2D eigenvalue weighted by molar-refractivity contribution is -0.157. The van der Waals surface area contributed by atoms with E-state index in [0.717, 1.165) is 22.3 Å². The highest BCUT2D eigenvalue weighted by atomic mass is 35.5. The predicted octanol–water partition coefficient (Wildman–Crippen LogP) is 7.85. The van der Waals surface area contributed by atoms with E-state index in [-0.39, 0.29) is 43.1 Å². The van der Waals surface area contributed by atoms with Crippen molar-refractivity contribution in [3.05, 3.63) is 139 Å². The zero-order valence-corrected chi connectivity index (χ0v) is 28.7. The molecule has 47 heavy (non-hydrogen) atoms. The standard InChI is InChI=1S/C37H35Cl4N3O3/c38-29-13-11-27(32(40)21-29)15-18-42-35(45)23-34-37(47)43(19-16-28-12-14-30(39)22-33(28)41)24-36(46)44(34)20-17-31(25-7-3-1-4-8-25)26-9-5-2-6-10-26/h1-14,21-22,31,34H,15-20,23-24H2,(H,42,45). The van der Waals surface area contributed by atoms with Gasteiger partial charge < -0.3 is 15.1 Å². The molecule has 1 saturated heterocycles. The molecule has 0 aliphatic carbocycles. The predicted molar refractivity (Wildman–Crippen MR) is 189 cm³/mol. The highest BCUT2D eigenvalue weighted by Gasteiger charge is 2.40. The molecule has 1 atom stereocenters. The van der Waals surface area contributed by atoms with Crippen molar-refractivity contribution in [3.8, 4) is 0 Å². The summed E-state index contributed by atoms with van der Waals surface area (Å²) in [6, 6.07) is 29.7. The SMILES string of the molecule is O=C(CC1C(=O)N(CCc2ccc(Cl)cc2Cl)CC(=O)N1CCC(c1ccccc1)c1ccccc1)NCCc1ccc(Cl)cc1Cl. The number of amides is 3. The molecule has 0 radical (unpaired) electrons. The summed E-state index contributed by atoms with van der Waals surface area (Å²) in [5.41, 5.74) is 3.90. The monoisotopic (exact) mass is 709 g/mol. The molecule has 1 aliphatic rings. The Morgan fingerprint density at radius 3 is 1.85 bits per heavy atom. The van der Waals surface area contributed by atoms with E-state index in [0.29, 0.717) is 52.4 Å². The Balaban J connectivity index is 1.32. The summed E-state index contributed by atoms with van der Waals surface area (Å²) in [4.78, 5) is 44.1. The number of carbonyl (C=O) groups is 3. The van der Waals surface area contributed by atoms with E-state index in [1.807, 2.05) is 48.5 Å². The third kappa shape index (κ3) is 9.29. The Bertz CT molecular complexity index is 1660. The summed E-state index contributed by atoms with van der Waals surface area (Å²) < 4.78 is 0. The molecule has 1 unspecified atom stereocenters. The molecule has 244 valence electrons. The molecule has 1 heterocycles. The molecule has 1 N–H and O–H groups in total. The first-order chi connectivity index (χ1) is 22.7. The molecule has 1 fully saturated rings. The van der Waals surface area contributed by atoms with Crippen LogP contribution in [0.3, 0.4) is 0 Å². The molecule has 0 aromatic heterocycles. The summed E-state index contributed by atoms with van der Waals surface area (Å²) in [5, 5.41) is 4.99. The maximum atomic E-state index is 14.0. The van der Waals surface area contributed by atoms with Crippen LogP contribution in [-0.2, 0) is 27.2 Å². The molecular formula is C37H35Cl4N3O3. The van der Waals surface area contributed by atoms with Crippen LogP contribution in [0.2, 0.25) is 20.1 Å². The first kappa shape index (κ1) is 34.8. The average Bonchev–Trinajstić information content (AvgIpc) is 3.06. The fourth-order valence-electron chi connectivity index (χ4n) is 5.97. The van der Waals surface area contributed by atoms with Gasteiger partial charge in [-0.05, 0) is 65.8 Å². The van der Waals surface area contributed by atoms with Crippen molar-refractivity contribution >= 4 is 64.1 Å². The van der Waals surface area contributed by atoms with E-state index in [2.05, 4.69) is 29.6 Å².